The van der Waals surface area contributed by atoms with Gasteiger partial charge in [-0.05, 0) is 24.1 Å². The topological polar surface area (TPSA) is 140 Å². The van der Waals surface area contributed by atoms with Gasteiger partial charge in [-0.1, -0.05) is 64.7 Å². The molecule has 11 heteroatoms. The van der Waals surface area contributed by atoms with E-state index in [-0.39, 0.29) is 11.3 Å². The maximum Gasteiger partial charge on any atom is 0.329 e. The molecule has 3 aromatic rings. The van der Waals surface area contributed by atoms with E-state index in [9.17, 15) is 19.7 Å². The quantitative estimate of drug-likeness (QED) is 0.135. The number of hydrazone groups is 1. The number of nitrogens with one attached hydrogen (secondary N) is 2. The first-order valence-electron chi connectivity index (χ1n) is 12.7. The Hall–Kier alpha value is -3.76. The summed E-state index contributed by atoms with van der Waals surface area (Å²) in [6.45, 7) is 2.78. The van der Waals surface area contributed by atoms with E-state index in [1.165, 1.54) is 67.9 Å². The zero-order valence-electron chi connectivity index (χ0n) is 21.0. The van der Waals surface area contributed by atoms with Crippen molar-refractivity contribution >= 4 is 29.0 Å². The highest BCUT2D eigenvalue weighted by Crippen LogP contribution is 2.18. The number of nitro benzene ring substituents is 1. The number of H-pyrrole nitrogens is 1. The molecule has 11 nitrogen and oxygen atoms in total. The molecule has 0 radical (unpaired) electrons. The fourth-order valence-corrected chi connectivity index (χ4v) is 4.14. The number of imidazole rings is 1. The first-order chi connectivity index (χ1) is 17.4. The maximum absolute atomic E-state index is 12.6. The molecule has 36 heavy (non-hydrogen) atoms. The van der Waals surface area contributed by atoms with Crippen LogP contribution in [0.15, 0.2) is 39.0 Å². The largest absolute Gasteiger partial charge is 0.329 e. The van der Waals surface area contributed by atoms with Crippen LogP contribution < -0.4 is 16.7 Å². The number of fused-ring (bicyclic) bond motifs is 1. The first kappa shape index (κ1) is 26.8. The Balaban J connectivity index is 1.66. The van der Waals surface area contributed by atoms with Crippen LogP contribution in [-0.2, 0) is 13.6 Å². The third kappa shape index (κ3) is 7.12. The lowest BCUT2D eigenvalue weighted by Crippen LogP contribution is -2.29. The number of aromatic nitrogens is 4. The van der Waals surface area contributed by atoms with Crippen molar-refractivity contribution in [3.8, 4) is 0 Å². The van der Waals surface area contributed by atoms with Crippen LogP contribution in [0, 0.1) is 10.1 Å². The van der Waals surface area contributed by atoms with E-state index in [1.54, 1.807) is 23.7 Å². The number of benzene rings is 1. The second kappa shape index (κ2) is 13.4. The number of aryl methyl sites for hydroxylation is 2. The lowest BCUT2D eigenvalue weighted by Gasteiger charge is -2.08. The van der Waals surface area contributed by atoms with Gasteiger partial charge >= 0.3 is 5.69 Å². The zero-order valence-corrected chi connectivity index (χ0v) is 21.0. The maximum atomic E-state index is 12.6. The summed E-state index contributed by atoms with van der Waals surface area (Å²) >= 11 is 0. The third-order valence-corrected chi connectivity index (χ3v) is 6.22. The summed E-state index contributed by atoms with van der Waals surface area (Å²) in [5, 5.41) is 15.0. The van der Waals surface area contributed by atoms with Crippen LogP contribution >= 0.6 is 0 Å². The van der Waals surface area contributed by atoms with Gasteiger partial charge in [-0.15, -0.1) is 0 Å². The minimum absolute atomic E-state index is 0.00135. The van der Waals surface area contributed by atoms with E-state index in [2.05, 4.69) is 27.4 Å². The van der Waals surface area contributed by atoms with Crippen LogP contribution in [0.4, 0.5) is 11.6 Å². The number of hydrogen-bond acceptors (Lipinski definition) is 7. The van der Waals surface area contributed by atoms with Crippen LogP contribution in [0.2, 0.25) is 0 Å². The summed E-state index contributed by atoms with van der Waals surface area (Å²) in [5.74, 6) is 0.353. The van der Waals surface area contributed by atoms with Crippen molar-refractivity contribution in [3.05, 3.63) is 60.8 Å². The molecule has 0 atom stereocenters. The number of aromatic amines is 1. The Morgan fingerprint density at radius 1 is 1.03 bits per heavy atom. The Morgan fingerprint density at radius 2 is 1.64 bits per heavy atom. The summed E-state index contributed by atoms with van der Waals surface area (Å²) in [7, 11) is 1.56. The minimum atomic E-state index is -0.531. The van der Waals surface area contributed by atoms with E-state index >= 15 is 0 Å². The minimum Gasteiger partial charge on any atom is -0.303 e. The molecule has 0 unspecified atom stereocenters. The molecule has 2 N–H and O–H groups in total. The standard InChI is InChI=1S/C25H35N7O4/c1-3-4-5-6-7-8-9-10-11-12-17-31-21-22(30(2)25(34)28-23(21)33)27-24(31)29-26-18-19-13-15-20(16-14-19)32(35)36/h13-16,18H,3-12,17H2,1-2H3,(H,27,29)(H,28,33,34). The van der Waals surface area contributed by atoms with E-state index in [1.807, 2.05) is 0 Å². The molecule has 0 amide bonds. The molecule has 0 saturated carbocycles. The Labute approximate surface area is 209 Å². The number of non-ortho nitro benzene ring substituents is 1. The second-order valence-electron chi connectivity index (χ2n) is 8.98. The van der Waals surface area contributed by atoms with Crippen LogP contribution in [-0.4, -0.2) is 30.2 Å². The van der Waals surface area contributed by atoms with Gasteiger partial charge in [0.2, 0.25) is 5.95 Å². The Kier molecular flexibility index (Phi) is 9.96. The Bertz CT molecular complexity index is 1290. The highest BCUT2D eigenvalue weighted by molar-refractivity contribution is 5.81. The molecule has 2 aromatic heterocycles. The normalized spacial score (nSPS) is 11.5. The van der Waals surface area contributed by atoms with Crippen molar-refractivity contribution in [2.75, 3.05) is 5.43 Å². The van der Waals surface area contributed by atoms with Gasteiger partial charge in [0.05, 0.1) is 11.1 Å². The average molecular weight is 498 g/mol. The molecule has 3 rings (SSSR count). The number of unbranched alkanes of at least 4 members (excludes halogenated alkanes) is 9. The second-order valence-corrected chi connectivity index (χ2v) is 8.98. The molecule has 0 saturated heterocycles. The third-order valence-electron chi connectivity index (χ3n) is 6.22. The van der Waals surface area contributed by atoms with Gasteiger partial charge < -0.3 is 4.57 Å². The van der Waals surface area contributed by atoms with Crippen LogP contribution in [0.1, 0.15) is 76.7 Å². The van der Waals surface area contributed by atoms with Gasteiger partial charge in [-0.2, -0.15) is 10.1 Å². The van der Waals surface area contributed by atoms with Crippen molar-refractivity contribution in [1.29, 1.82) is 0 Å². The molecule has 0 bridgehead atoms. The smallest absolute Gasteiger partial charge is 0.303 e. The fourth-order valence-electron chi connectivity index (χ4n) is 4.14. The summed E-state index contributed by atoms with van der Waals surface area (Å²) in [4.78, 5) is 41.8. The molecule has 2 heterocycles. The van der Waals surface area contributed by atoms with Gasteiger partial charge in [-0.3, -0.25) is 24.5 Å². The van der Waals surface area contributed by atoms with E-state index in [4.69, 9.17) is 0 Å². The molecule has 0 aliphatic heterocycles. The molecular weight excluding hydrogens is 462 g/mol. The van der Waals surface area contributed by atoms with Crippen LogP contribution in [0.3, 0.4) is 0 Å². The van der Waals surface area contributed by atoms with Gasteiger partial charge in [0.1, 0.15) is 0 Å². The fraction of sp³-hybridized carbons (Fsp3) is 0.520. The van der Waals surface area contributed by atoms with E-state index in [0.29, 0.717) is 23.6 Å². The van der Waals surface area contributed by atoms with E-state index < -0.39 is 16.2 Å². The van der Waals surface area contributed by atoms with Gasteiger partial charge in [0.25, 0.3) is 11.2 Å². The van der Waals surface area contributed by atoms with Gasteiger partial charge in [0.15, 0.2) is 11.2 Å². The van der Waals surface area contributed by atoms with Crippen molar-refractivity contribution < 1.29 is 4.92 Å². The summed E-state index contributed by atoms with van der Waals surface area (Å²) in [6, 6.07) is 5.98. The van der Waals surface area contributed by atoms with Crippen LogP contribution in [0.5, 0.6) is 0 Å². The van der Waals surface area contributed by atoms with Crippen molar-refractivity contribution in [2.24, 2.45) is 12.1 Å². The highest BCUT2D eigenvalue weighted by Gasteiger charge is 2.17. The van der Waals surface area contributed by atoms with E-state index in [0.717, 1.165) is 19.3 Å². The number of anilines is 1. The highest BCUT2D eigenvalue weighted by atomic mass is 16.6. The summed E-state index contributed by atoms with van der Waals surface area (Å²) in [5.41, 5.74) is 3.11. The number of hydrogen-bond donors (Lipinski definition) is 2. The number of rotatable bonds is 15. The molecule has 0 spiro atoms. The number of nitrogens with zero attached hydrogens (tertiary/aromatic N) is 5. The molecule has 0 aliphatic rings. The summed E-state index contributed by atoms with van der Waals surface area (Å²) in [6.07, 6.45) is 13.5. The first-order valence-corrected chi connectivity index (χ1v) is 12.7. The molecule has 0 aliphatic carbocycles. The lowest BCUT2D eigenvalue weighted by molar-refractivity contribution is -0.384. The molecule has 194 valence electrons. The average Bonchev–Trinajstić information content (AvgIpc) is 3.23. The molecular formula is C25H35N7O4. The molecule has 1 aromatic carbocycles. The predicted octanol–water partition coefficient (Wildman–Crippen LogP) is 4.70. The molecule has 0 fully saturated rings. The zero-order chi connectivity index (χ0) is 25.9. The predicted molar refractivity (Wildman–Crippen MR) is 142 cm³/mol. The van der Waals surface area contributed by atoms with Gasteiger partial charge in [0, 0.05) is 25.7 Å². The van der Waals surface area contributed by atoms with Crippen molar-refractivity contribution in [3.63, 3.8) is 0 Å². The van der Waals surface area contributed by atoms with Crippen molar-refractivity contribution in [1.82, 2.24) is 19.1 Å². The van der Waals surface area contributed by atoms with Gasteiger partial charge in [-0.25, -0.2) is 10.2 Å². The van der Waals surface area contributed by atoms with Crippen LogP contribution in [0.25, 0.3) is 11.2 Å². The number of nitro groups is 1. The van der Waals surface area contributed by atoms with Crippen molar-refractivity contribution in [2.45, 2.75) is 77.7 Å². The SMILES string of the molecule is CCCCCCCCCCCCn1c(NN=Cc2ccc([N+](=O)[O-])cc2)nc2c1c(=O)[nH]c(=O)n2C. The summed E-state index contributed by atoms with van der Waals surface area (Å²) < 4.78 is 3.06. The Morgan fingerprint density at radius 3 is 2.25 bits per heavy atom. The lowest BCUT2D eigenvalue weighted by atomic mass is 10.1. The monoisotopic (exact) mass is 497 g/mol.